The predicted molar refractivity (Wildman–Crippen MR) is 57.5 cm³/mol. The quantitative estimate of drug-likeness (QED) is 0.670. The second kappa shape index (κ2) is 4.42. The molecule has 1 heterocycles. The van der Waals surface area contributed by atoms with Crippen LogP contribution in [0.4, 0.5) is 0 Å². The Labute approximate surface area is 85.7 Å². The van der Waals surface area contributed by atoms with Crippen LogP contribution in [0.3, 0.4) is 0 Å². The smallest absolute Gasteiger partial charge is 0.252 e. The molecule has 0 atom stereocenters. The summed E-state index contributed by atoms with van der Waals surface area (Å²) in [5, 5.41) is 2.67. The standard InChI is InChI=1S/C11H18N2O/c1-4-13(5-2)8-6-7-10(9-13)11(14)12-3/h6-8H,4-5,9H2,1-3H3/p+1. The number of hydrogen-bond donors (Lipinski definition) is 1. The number of nitrogens with zero attached hydrogens (tertiary/aromatic N) is 1. The predicted octanol–water partition coefficient (Wildman–Crippen LogP) is 1.04. The lowest BCUT2D eigenvalue weighted by molar-refractivity contribution is -0.871. The van der Waals surface area contributed by atoms with Gasteiger partial charge in [-0.3, -0.25) is 9.28 Å². The third kappa shape index (κ3) is 2.04. The number of hydrogen-bond acceptors (Lipinski definition) is 1. The van der Waals surface area contributed by atoms with E-state index in [1.807, 2.05) is 12.2 Å². The van der Waals surface area contributed by atoms with Crippen LogP contribution in [-0.4, -0.2) is 37.1 Å². The maximum atomic E-state index is 11.5. The molecule has 1 rings (SSSR count). The summed E-state index contributed by atoms with van der Waals surface area (Å²) in [5.74, 6) is 0.0405. The van der Waals surface area contributed by atoms with Gasteiger partial charge in [0.2, 0.25) is 0 Å². The number of amides is 1. The summed E-state index contributed by atoms with van der Waals surface area (Å²) < 4.78 is 0.874. The molecule has 0 aliphatic carbocycles. The van der Waals surface area contributed by atoms with Gasteiger partial charge in [0.1, 0.15) is 6.54 Å². The second-order valence-corrected chi connectivity index (χ2v) is 3.62. The Balaban J connectivity index is 2.81. The molecule has 0 saturated carbocycles. The fourth-order valence-electron chi connectivity index (χ4n) is 1.75. The van der Waals surface area contributed by atoms with E-state index < -0.39 is 0 Å². The first-order valence-corrected chi connectivity index (χ1v) is 5.13. The first-order valence-electron chi connectivity index (χ1n) is 5.13. The number of quaternary nitrogens is 1. The van der Waals surface area contributed by atoms with Crippen molar-refractivity contribution in [3.05, 3.63) is 23.9 Å². The Morgan fingerprint density at radius 1 is 1.50 bits per heavy atom. The van der Waals surface area contributed by atoms with Gasteiger partial charge in [-0.1, -0.05) is 0 Å². The van der Waals surface area contributed by atoms with E-state index in [1.165, 1.54) is 0 Å². The highest BCUT2D eigenvalue weighted by Crippen LogP contribution is 2.17. The van der Waals surface area contributed by atoms with Crippen molar-refractivity contribution < 1.29 is 9.28 Å². The molecule has 1 aliphatic heterocycles. The molecule has 78 valence electrons. The minimum Gasteiger partial charge on any atom is -0.355 e. The maximum Gasteiger partial charge on any atom is 0.252 e. The zero-order valence-electron chi connectivity index (χ0n) is 9.21. The van der Waals surface area contributed by atoms with Gasteiger partial charge in [-0.25, -0.2) is 0 Å². The second-order valence-electron chi connectivity index (χ2n) is 3.62. The van der Waals surface area contributed by atoms with Gasteiger partial charge in [0.05, 0.1) is 24.9 Å². The number of nitrogens with one attached hydrogen (secondary N) is 1. The third-order valence-electron chi connectivity index (χ3n) is 2.96. The number of carbonyl (C=O) groups excluding carboxylic acids is 1. The Kier molecular flexibility index (Phi) is 3.47. The van der Waals surface area contributed by atoms with E-state index in [1.54, 1.807) is 7.05 Å². The minimum atomic E-state index is 0.0405. The van der Waals surface area contributed by atoms with Gasteiger partial charge >= 0.3 is 0 Å². The normalized spacial score (nSPS) is 18.9. The summed E-state index contributed by atoms with van der Waals surface area (Å²) in [6.45, 7) is 7.17. The summed E-state index contributed by atoms with van der Waals surface area (Å²) in [5.41, 5.74) is 0.874. The fraction of sp³-hybridized carbons (Fsp3) is 0.545. The lowest BCUT2D eigenvalue weighted by atomic mass is 10.1. The van der Waals surface area contributed by atoms with Crippen molar-refractivity contribution >= 4 is 5.91 Å². The highest BCUT2D eigenvalue weighted by molar-refractivity contribution is 5.93. The molecule has 0 aromatic heterocycles. The van der Waals surface area contributed by atoms with Crippen LogP contribution in [0.25, 0.3) is 0 Å². The van der Waals surface area contributed by atoms with Gasteiger partial charge in [0.25, 0.3) is 5.91 Å². The highest BCUT2D eigenvalue weighted by Gasteiger charge is 2.26. The van der Waals surface area contributed by atoms with Crippen molar-refractivity contribution in [1.82, 2.24) is 5.32 Å². The summed E-state index contributed by atoms with van der Waals surface area (Å²) in [6.07, 6.45) is 6.06. The Morgan fingerprint density at radius 2 is 2.14 bits per heavy atom. The van der Waals surface area contributed by atoms with Gasteiger partial charge in [-0.2, -0.15) is 0 Å². The van der Waals surface area contributed by atoms with Crippen LogP contribution in [0.1, 0.15) is 13.8 Å². The highest BCUT2D eigenvalue weighted by atomic mass is 16.1. The number of allylic oxidation sites excluding steroid dienone is 2. The van der Waals surface area contributed by atoms with Crippen molar-refractivity contribution in [2.75, 3.05) is 26.7 Å². The zero-order chi connectivity index (χ0) is 10.6. The molecule has 3 nitrogen and oxygen atoms in total. The van der Waals surface area contributed by atoms with Gasteiger partial charge in [-0.15, -0.1) is 0 Å². The van der Waals surface area contributed by atoms with Gasteiger partial charge < -0.3 is 5.32 Å². The van der Waals surface area contributed by atoms with Crippen molar-refractivity contribution in [2.45, 2.75) is 13.8 Å². The van der Waals surface area contributed by atoms with Crippen LogP contribution in [0.5, 0.6) is 0 Å². The summed E-state index contributed by atoms with van der Waals surface area (Å²) >= 11 is 0. The molecule has 0 bridgehead atoms. The molecular formula is C11H19N2O+. The van der Waals surface area contributed by atoms with Crippen molar-refractivity contribution in [3.8, 4) is 0 Å². The molecule has 1 aliphatic rings. The largest absolute Gasteiger partial charge is 0.355 e. The van der Waals surface area contributed by atoms with Crippen LogP contribution in [0.15, 0.2) is 23.9 Å². The van der Waals surface area contributed by atoms with Gasteiger partial charge in [-0.05, 0) is 26.0 Å². The molecule has 0 unspecified atom stereocenters. The summed E-state index contributed by atoms with van der Waals surface area (Å²) in [6, 6.07) is 0. The summed E-state index contributed by atoms with van der Waals surface area (Å²) in [7, 11) is 1.67. The molecule has 0 aromatic rings. The molecule has 1 amide bonds. The zero-order valence-corrected chi connectivity index (χ0v) is 9.21. The summed E-state index contributed by atoms with van der Waals surface area (Å²) in [4.78, 5) is 11.5. The van der Waals surface area contributed by atoms with E-state index >= 15 is 0 Å². The molecule has 0 spiro atoms. The molecule has 0 saturated heterocycles. The van der Waals surface area contributed by atoms with Crippen LogP contribution in [0, 0.1) is 0 Å². The first kappa shape index (κ1) is 11.0. The van der Waals surface area contributed by atoms with E-state index in [0.29, 0.717) is 0 Å². The maximum absolute atomic E-state index is 11.5. The van der Waals surface area contributed by atoms with Crippen LogP contribution in [-0.2, 0) is 4.79 Å². The molecule has 0 radical (unpaired) electrons. The molecule has 0 fully saturated rings. The van der Waals surface area contributed by atoms with E-state index in [4.69, 9.17) is 0 Å². The number of rotatable bonds is 3. The minimum absolute atomic E-state index is 0.0405. The number of carbonyl (C=O) groups is 1. The van der Waals surface area contributed by atoms with Crippen LogP contribution in [0.2, 0.25) is 0 Å². The third-order valence-corrected chi connectivity index (χ3v) is 2.96. The topological polar surface area (TPSA) is 29.1 Å². The van der Waals surface area contributed by atoms with Crippen LogP contribution < -0.4 is 5.32 Å². The van der Waals surface area contributed by atoms with Gasteiger partial charge in [0.15, 0.2) is 0 Å². The van der Waals surface area contributed by atoms with E-state index in [2.05, 4.69) is 25.4 Å². The lowest BCUT2D eigenvalue weighted by Gasteiger charge is -2.34. The molecule has 14 heavy (non-hydrogen) atoms. The lowest BCUT2D eigenvalue weighted by Crippen LogP contribution is -2.46. The van der Waals surface area contributed by atoms with Crippen LogP contribution >= 0.6 is 0 Å². The van der Waals surface area contributed by atoms with Crippen molar-refractivity contribution in [1.29, 1.82) is 0 Å². The van der Waals surface area contributed by atoms with Gasteiger partial charge in [0, 0.05) is 7.05 Å². The Morgan fingerprint density at radius 3 is 2.64 bits per heavy atom. The fourth-order valence-corrected chi connectivity index (χ4v) is 1.75. The first-order chi connectivity index (χ1) is 6.67. The SMILES string of the molecule is CC[N+]1(CC)C=CC=C(C(=O)NC)C1. The molecular weight excluding hydrogens is 176 g/mol. The average Bonchev–Trinajstić information content (AvgIpc) is 2.28. The molecule has 3 heteroatoms. The van der Waals surface area contributed by atoms with E-state index in [0.717, 1.165) is 29.7 Å². The monoisotopic (exact) mass is 195 g/mol. The van der Waals surface area contributed by atoms with E-state index in [-0.39, 0.29) is 5.91 Å². The molecule has 1 N–H and O–H groups in total. The molecule has 0 aromatic carbocycles. The van der Waals surface area contributed by atoms with E-state index in [9.17, 15) is 4.79 Å². The average molecular weight is 195 g/mol. The Hall–Kier alpha value is -1.09. The van der Waals surface area contributed by atoms with Crippen molar-refractivity contribution in [2.24, 2.45) is 0 Å². The van der Waals surface area contributed by atoms with Crippen molar-refractivity contribution in [3.63, 3.8) is 0 Å². The Bertz CT molecular complexity index is 275. The number of likely N-dealkylation sites (N-methyl/N-ethyl adjacent to an activating group) is 2.